The number of hydrogen-bond acceptors (Lipinski definition) is 6. The summed E-state index contributed by atoms with van der Waals surface area (Å²) < 4.78 is 38.8. The molecule has 0 aromatic heterocycles. The molecule has 0 bridgehead atoms. The van der Waals surface area contributed by atoms with Crippen LogP contribution in [0.1, 0.15) is 24.2 Å². The highest BCUT2D eigenvalue weighted by atomic mass is 19.3. The number of hydrogen-bond donors (Lipinski definition) is 2. The second-order valence-electron chi connectivity index (χ2n) is 4.46. The maximum atomic E-state index is 12.3. The normalized spacial score (nSPS) is 10.1. The summed E-state index contributed by atoms with van der Waals surface area (Å²) in [6, 6.07) is 2.76. The second kappa shape index (κ2) is 10.1. The van der Waals surface area contributed by atoms with Crippen molar-refractivity contribution >= 4 is 17.9 Å². The monoisotopic (exact) mass is 360 g/mol. The SMILES string of the molecule is CCNC(=O)NC(=O)COC(=O)c1ccc(OC(F)F)c(OCC)c1. The molecule has 0 atom stereocenters. The Labute approximate surface area is 142 Å². The lowest BCUT2D eigenvalue weighted by Crippen LogP contribution is -2.41. The zero-order valence-electron chi connectivity index (χ0n) is 13.6. The van der Waals surface area contributed by atoms with E-state index >= 15 is 0 Å². The number of ether oxygens (including phenoxy) is 3. The third kappa shape index (κ3) is 7.02. The summed E-state index contributed by atoms with van der Waals surface area (Å²) in [7, 11) is 0. The molecule has 0 aliphatic rings. The predicted molar refractivity (Wildman–Crippen MR) is 81.7 cm³/mol. The Morgan fingerprint density at radius 3 is 2.48 bits per heavy atom. The van der Waals surface area contributed by atoms with E-state index in [2.05, 4.69) is 10.1 Å². The van der Waals surface area contributed by atoms with Crippen molar-refractivity contribution in [2.45, 2.75) is 20.5 Å². The molecule has 0 heterocycles. The van der Waals surface area contributed by atoms with Crippen LogP contribution in [0.5, 0.6) is 11.5 Å². The van der Waals surface area contributed by atoms with Gasteiger partial charge in [0.1, 0.15) is 0 Å². The number of imide groups is 1. The summed E-state index contributed by atoms with van der Waals surface area (Å²) in [6.07, 6.45) is 0. The summed E-state index contributed by atoms with van der Waals surface area (Å²) in [6.45, 7) is 0.0496. The molecule has 0 aliphatic heterocycles. The molecule has 0 saturated heterocycles. The van der Waals surface area contributed by atoms with Gasteiger partial charge in [-0.25, -0.2) is 9.59 Å². The molecule has 8 nitrogen and oxygen atoms in total. The van der Waals surface area contributed by atoms with Crippen molar-refractivity contribution in [2.24, 2.45) is 0 Å². The molecule has 0 saturated carbocycles. The first kappa shape index (κ1) is 20.1. The Morgan fingerprint density at radius 1 is 1.16 bits per heavy atom. The Balaban J connectivity index is 2.70. The lowest BCUT2D eigenvalue weighted by molar-refractivity contribution is -0.123. The van der Waals surface area contributed by atoms with E-state index < -0.39 is 31.1 Å². The average Bonchev–Trinajstić information content (AvgIpc) is 2.54. The van der Waals surface area contributed by atoms with Gasteiger partial charge in [-0.05, 0) is 32.0 Å². The summed E-state index contributed by atoms with van der Waals surface area (Å²) in [5, 5.41) is 4.29. The topological polar surface area (TPSA) is 103 Å². The maximum absolute atomic E-state index is 12.3. The molecule has 0 aliphatic carbocycles. The lowest BCUT2D eigenvalue weighted by Gasteiger charge is -2.12. The molecule has 1 aromatic carbocycles. The minimum absolute atomic E-state index is 0.0316. The average molecular weight is 360 g/mol. The molecule has 138 valence electrons. The number of urea groups is 1. The molecule has 25 heavy (non-hydrogen) atoms. The molecule has 3 amide bonds. The zero-order valence-corrected chi connectivity index (χ0v) is 13.6. The molecular weight excluding hydrogens is 342 g/mol. The van der Waals surface area contributed by atoms with Crippen molar-refractivity contribution in [3.05, 3.63) is 23.8 Å². The van der Waals surface area contributed by atoms with E-state index in [0.29, 0.717) is 6.54 Å². The largest absolute Gasteiger partial charge is 0.490 e. The van der Waals surface area contributed by atoms with Crippen LogP contribution in [0.3, 0.4) is 0 Å². The third-order valence-electron chi connectivity index (χ3n) is 2.62. The minimum Gasteiger partial charge on any atom is -0.490 e. The van der Waals surface area contributed by atoms with Gasteiger partial charge in [-0.3, -0.25) is 10.1 Å². The Hall–Kier alpha value is -2.91. The number of carbonyl (C=O) groups excluding carboxylic acids is 3. The first-order valence-electron chi connectivity index (χ1n) is 7.33. The van der Waals surface area contributed by atoms with Crippen LogP contribution in [0, 0.1) is 0 Å². The molecule has 1 rings (SSSR count). The molecule has 0 radical (unpaired) electrons. The summed E-state index contributed by atoms with van der Waals surface area (Å²) in [5.74, 6) is -2.01. The Kier molecular flexibility index (Phi) is 8.10. The van der Waals surface area contributed by atoms with E-state index in [-0.39, 0.29) is 23.7 Å². The zero-order chi connectivity index (χ0) is 18.8. The quantitative estimate of drug-likeness (QED) is 0.684. The highest BCUT2D eigenvalue weighted by Gasteiger charge is 2.17. The predicted octanol–water partition coefficient (Wildman–Crippen LogP) is 1.69. The number of rotatable bonds is 8. The number of nitrogens with one attached hydrogen (secondary N) is 2. The third-order valence-corrected chi connectivity index (χ3v) is 2.62. The molecule has 10 heteroatoms. The number of benzene rings is 1. The highest BCUT2D eigenvalue weighted by molar-refractivity contribution is 5.97. The molecule has 0 unspecified atom stereocenters. The molecule has 0 fully saturated rings. The van der Waals surface area contributed by atoms with E-state index in [1.165, 1.54) is 6.07 Å². The van der Waals surface area contributed by atoms with Crippen LogP contribution in [0.4, 0.5) is 13.6 Å². The number of amides is 3. The van der Waals surface area contributed by atoms with Gasteiger partial charge in [-0.2, -0.15) is 8.78 Å². The Morgan fingerprint density at radius 2 is 1.88 bits per heavy atom. The van der Waals surface area contributed by atoms with Gasteiger partial charge in [0.2, 0.25) is 0 Å². The van der Waals surface area contributed by atoms with Crippen molar-refractivity contribution in [1.82, 2.24) is 10.6 Å². The van der Waals surface area contributed by atoms with E-state index in [4.69, 9.17) is 9.47 Å². The van der Waals surface area contributed by atoms with Crippen LogP contribution in [-0.4, -0.2) is 44.3 Å². The second-order valence-corrected chi connectivity index (χ2v) is 4.46. The highest BCUT2D eigenvalue weighted by Crippen LogP contribution is 2.30. The van der Waals surface area contributed by atoms with Crippen LogP contribution < -0.4 is 20.1 Å². The minimum atomic E-state index is -3.05. The van der Waals surface area contributed by atoms with Crippen LogP contribution in [-0.2, 0) is 9.53 Å². The van der Waals surface area contributed by atoms with Gasteiger partial charge in [-0.15, -0.1) is 0 Å². The fourth-order valence-corrected chi connectivity index (χ4v) is 1.68. The van der Waals surface area contributed by atoms with Gasteiger partial charge in [-0.1, -0.05) is 0 Å². The summed E-state index contributed by atoms with van der Waals surface area (Å²) in [5.41, 5.74) is -0.0316. The van der Waals surface area contributed by atoms with Crippen LogP contribution >= 0.6 is 0 Å². The maximum Gasteiger partial charge on any atom is 0.387 e. The van der Waals surface area contributed by atoms with Gasteiger partial charge in [0, 0.05) is 6.54 Å². The van der Waals surface area contributed by atoms with E-state index in [9.17, 15) is 23.2 Å². The fourth-order valence-electron chi connectivity index (χ4n) is 1.68. The van der Waals surface area contributed by atoms with Crippen molar-refractivity contribution < 1.29 is 37.4 Å². The number of halogens is 2. The molecular formula is C15H18F2N2O6. The van der Waals surface area contributed by atoms with Crippen molar-refractivity contribution in [2.75, 3.05) is 19.8 Å². The van der Waals surface area contributed by atoms with Crippen LogP contribution in [0.25, 0.3) is 0 Å². The Bertz CT molecular complexity index is 624. The van der Waals surface area contributed by atoms with Crippen LogP contribution in [0.2, 0.25) is 0 Å². The smallest absolute Gasteiger partial charge is 0.387 e. The number of alkyl halides is 2. The van der Waals surface area contributed by atoms with Gasteiger partial charge in [0.05, 0.1) is 12.2 Å². The first-order valence-corrected chi connectivity index (χ1v) is 7.33. The van der Waals surface area contributed by atoms with E-state index in [1.54, 1.807) is 13.8 Å². The summed E-state index contributed by atoms with van der Waals surface area (Å²) >= 11 is 0. The lowest BCUT2D eigenvalue weighted by atomic mass is 10.2. The van der Waals surface area contributed by atoms with E-state index in [0.717, 1.165) is 12.1 Å². The first-order chi connectivity index (χ1) is 11.9. The standard InChI is InChI=1S/C15H18F2N2O6/c1-3-18-15(22)19-12(20)8-24-13(21)9-5-6-10(25-14(16)17)11(7-9)23-4-2/h5-7,14H,3-4,8H2,1-2H3,(H2,18,19,20,22). The van der Waals surface area contributed by atoms with Crippen molar-refractivity contribution in [1.29, 1.82) is 0 Å². The van der Waals surface area contributed by atoms with Crippen molar-refractivity contribution in [3.8, 4) is 11.5 Å². The molecule has 1 aromatic rings. The number of esters is 1. The number of carbonyl (C=O) groups is 3. The van der Waals surface area contributed by atoms with Crippen molar-refractivity contribution in [3.63, 3.8) is 0 Å². The fraction of sp³-hybridized carbons (Fsp3) is 0.400. The van der Waals surface area contributed by atoms with Gasteiger partial charge >= 0.3 is 18.6 Å². The molecule has 0 spiro atoms. The van der Waals surface area contributed by atoms with Crippen LogP contribution in [0.15, 0.2) is 18.2 Å². The van der Waals surface area contributed by atoms with Gasteiger partial charge < -0.3 is 19.5 Å². The van der Waals surface area contributed by atoms with E-state index in [1.807, 2.05) is 5.32 Å². The molecule has 2 N–H and O–H groups in total. The summed E-state index contributed by atoms with van der Waals surface area (Å²) in [4.78, 5) is 34.5. The van der Waals surface area contributed by atoms with Gasteiger partial charge in [0.25, 0.3) is 5.91 Å². The van der Waals surface area contributed by atoms with Gasteiger partial charge in [0.15, 0.2) is 18.1 Å².